The van der Waals surface area contributed by atoms with Gasteiger partial charge in [-0.3, -0.25) is 24.4 Å². The molecule has 6 nitrogen and oxygen atoms in total. The molecule has 0 spiro atoms. The molecule has 208 valence electrons. The summed E-state index contributed by atoms with van der Waals surface area (Å²) in [7, 11) is 0. The molecule has 2 heterocycles. The van der Waals surface area contributed by atoms with E-state index in [1.807, 2.05) is 24.3 Å². The van der Waals surface area contributed by atoms with Gasteiger partial charge in [0.1, 0.15) is 12.3 Å². The Morgan fingerprint density at radius 1 is 0.842 bits per heavy atom. The van der Waals surface area contributed by atoms with Gasteiger partial charge in [-0.15, -0.1) is 0 Å². The van der Waals surface area contributed by atoms with Crippen LogP contribution in [0.4, 0.5) is 4.39 Å². The minimum absolute atomic E-state index is 0.239. The van der Waals surface area contributed by atoms with Gasteiger partial charge >= 0.3 is 0 Å². The third-order valence-corrected chi connectivity index (χ3v) is 7.83. The lowest BCUT2D eigenvalue weighted by molar-refractivity contribution is 0.0290. The Labute approximate surface area is 228 Å². The molecule has 2 atom stereocenters. The minimum atomic E-state index is -1.13. The molecule has 0 radical (unpaired) electrons. The van der Waals surface area contributed by atoms with Gasteiger partial charge in [-0.1, -0.05) is 48.5 Å². The average molecular weight is 525 g/mol. The number of carbonyl (C=O) groups is 1. The van der Waals surface area contributed by atoms with Gasteiger partial charge in [0.05, 0.1) is 0 Å². The summed E-state index contributed by atoms with van der Waals surface area (Å²) in [5.41, 5.74) is 3.33. The van der Waals surface area contributed by atoms with Gasteiger partial charge in [0.15, 0.2) is 5.78 Å². The fourth-order valence-electron chi connectivity index (χ4n) is 5.98. The van der Waals surface area contributed by atoms with E-state index >= 15 is 0 Å². The summed E-state index contributed by atoms with van der Waals surface area (Å²) in [5, 5.41) is 9.06. The topological polar surface area (TPSA) is 50.3 Å². The van der Waals surface area contributed by atoms with Crippen LogP contribution in [0.3, 0.4) is 0 Å². The van der Waals surface area contributed by atoms with E-state index in [1.165, 1.54) is 16.7 Å². The standard InChI is InChI=1S/C31H45FN4O2/c1-24-17-35(19-26-8-10-29(11-9-26)30(38)22-37)18-25(2)36(24)21-28-7-5-6-27(16-28)20-33-12-14-34(15-13-33)23-31(3,4)32/h5-11,16,24-25,37H,12-15,17-23H2,1-4H3/t24-,25+. The minimum Gasteiger partial charge on any atom is -0.388 e. The van der Waals surface area contributed by atoms with E-state index in [9.17, 15) is 9.18 Å². The fraction of sp³-hybridized carbons (Fsp3) is 0.581. The summed E-state index contributed by atoms with van der Waals surface area (Å²) in [6, 6.07) is 17.5. The number of rotatable bonds is 10. The smallest absolute Gasteiger partial charge is 0.188 e. The lowest BCUT2D eigenvalue weighted by Gasteiger charge is -2.44. The molecule has 0 bridgehead atoms. The number of hydrogen-bond donors (Lipinski definition) is 1. The summed E-state index contributed by atoms with van der Waals surface area (Å²) in [4.78, 5) is 21.5. The van der Waals surface area contributed by atoms with Crippen LogP contribution in [0.5, 0.6) is 0 Å². The second kappa shape index (κ2) is 12.8. The van der Waals surface area contributed by atoms with Crippen molar-refractivity contribution in [3.8, 4) is 0 Å². The quantitative estimate of drug-likeness (QED) is 0.477. The number of halogens is 1. The molecule has 2 aromatic rings. The van der Waals surface area contributed by atoms with Gasteiger partial charge in [0, 0.05) is 83.1 Å². The maximum atomic E-state index is 14.0. The molecule has 2 saturated heterocycles. The number of carbonyl (C=O) groups excluding carboxylic acids is 1. The van der Waals surface area contributed by atoms with Crippen LogP contribution >= 0.6 is 0 Å². The highest BCUT2D eigenvalue weighted by Gasteiger charge is 2.29. The highest BCUT2D eigenvalue weighted by Crippen LogP contribution is 2.22. The van der Waals surface area contributed by atoms with Crippen molar-refractivity contribution in [2.75, 3.05) is 52.4 Å². The van der Waals surface area contributed by atoms with Crippen LogP contribution in [0.25, 0.3) is 0 Å². The first kappa shape index (κ1) is 28.8. The van der Waals surface area contributed by atoms with Crippen LogP contribution in [0.2, 0.25) is 0 Å². The van der Waals surface area contributed by atoms with E-state index in [1.54, 1.807) is 13.8 Å². The van der Waals surface area contributed by atoms with Gasteiger partial charge in [0.2, 0.25) is 0 Å². The highest BCUT2D eigenvalue weighted by atomic mass is 19.1. The predicted molar refractivity (Wildman–Crippen MR) is 151 cm³/mol. The maximum Gasteiger partial charge on any atom is 0.188 e. The van der Waals surface area contributed by atoms with Crippen molar-refractivity contribution in [3.05, 3.63) is 70.8 Å². The second-order valence-corrected chi connectivity index (χ2v) is 11.9. The third-order valence-electron chi connectivity index (χ3n) is 7.83. The molecule has 1 N–H and O–H groups in total. The summed E-state index contributed by atoms with van der Waals surface area (Å²) in [6.45, 7) is 16.6. The van der Waals surface area contributed by atoms with Crippen molar-refractivity contribution >= 4 is 5.78 Å². The molecule has 2 aromatic carbocycles. The van der Waals surface area contributed by atoms with E-state index in [2.05, 4.69) is 57.7 Å². The molecule has 38 heavy (non-hydrogen) atoms. The molecule has 2 fully saturated rings. The van der Waals surface area contributed by atoms with E-state index in [-0.39, 0.29) is 5.78 Å². The number of piperazine rings is 2. The maximum absolute atomic E-state index is 14.0. The molecular formula is C31H45FN4O2. The van der Waals surface area contributed by atoms with E-state index in [4.69, 9.17) is 5.11 Å². The zero-order valence-electron chi connectivity index (χ0n) is 23.6. The number of Topliss-reactive ketones (excluding diaryl/α,β-unsaturated/α-hetero) is 1. The first-order valence-corrected chi connectivity index (χ1v) is 14.0. The number of alkyl halides is 1. The number of benzene rings is 2. The monoisotopic (exact) mass is 524 g/mol. The van der Waals surface area contributed by atoms with E-state index < -0.39 is 12.3 Å². The number of hydrogen-bond acceptors (Lipinski definition) is 6. The second-order valence-electron chi connectivity index (χ2n) is 11.9. The Kier molecular flexibility index (Phi) is 9.71. The predicted octanol–water partition coefficient (Wildman–Crippen LogP) is 3.82. The number of aliphatic hydroxyl groups excluding tert-OH is 1. The Morgan fingerprint density at radius 2 is 1.39 bits per heavy atom. The van der Waals surface area contributed by atoms with Gasteiger partial charge in [0.25, 0.3) is 0 Å². The Morgan fingerprint density at radius 3 is 1.97 bits per heavy atom. The Hall–Kier alpha value is -2.16. The lowest BCUT2D eigenvalue weighted by Crippen LogP contribution is -2.55. The molecule has 0 saturated carbocycles. The summed E-state index contributed by atoms with van der Waals surface area (Å²) in [6.07, 6.45) is 0. The number of nitrogens with zero attached hydrogens (tertiary/aromatic N) is 4. The largest absolute Gasteiger partial charge is 0.388 e. The van der Waals surface area contributed by atoms with Crippen molar-refractivity contribution in [1.29, 1.82) is 0 Å². The molecule has 0 amide bonds. The molecule has 2 aliphatic rings. The van der Waals surface area contributed by atoms with Crippen LogP contribution in [-0.2, 0) is 19.6 Å². The lowest BCUT2D eigenvalue weighted by atomic mass is 10.0. The van der Waals surface area contributed by atoms with Crippen LogP contribution in [0.1, 0.15) is 54.7 Å². The van der Waals surface area contributed by atoms with Crippen LogP contribution < -0.4 is 0 Å². The van der Waals surface area contributed by atoms with Gasteiger partial charge in [-0.25, -0.2) is 4.39 Å². The summed E-state index contributed by atoms with van der Waals surface area (Å²) >= 11 is 0. The Bertz CT molecular complexity index is 1030. The van der Waals surface area contributed by atoms with Gasteiger partial charge in [-0.2, -0.15) is 0 Å². The van der Waals surface area contributed by atoms with Crippen molar-refractivity contribution in [1.82, 2.24) is 19.6 Å². The zero-order chi connectivity index (χ0) is 27.3. The normalized spacial score (nSPS) is 22.6. The van der Waals surface area contributed by atoms with E-state index in [0.717, 1.165) is 58.9 Å². The van der Waals surface area contributed by atoms with Crippen molar-refractivity contribution in [3.63, 3.8) is 0 Å². The SMILES string of the molecule is C[C@@H]1CN(Cc2ccc(C(=O)CO)cc2)C[C@H](C)N1Cc1cccc(CN2CCN(CC(C)(C)F)CC2)c1. The molecule has 0 aliphatic carbocycles. The summed E-state index contributed by atoms with van der Waals surface area (Å²) < 4.78 is 14.0. The van der Waals surface area contributed by atoms with Gasteiger partial charge in [-0.05, 0) is 44.4 Å². The van der Waals surface area contributed by atoms with E-state index in [0.29, 0.717) is 24.2 Å². The first-order chi connectivity index (χ1) is 18.1. The van der Waals surface area contributed by atoms with Crippen molar-refractivity contribution in [2.45, 2.75) is 65.1 Å². The average Bonchev–Trinajstić information content (AvgIpc) is 2.87. The summed E-state index contributed by atoms with van der Waals surface area (Å²) in [5.74, 6) is -0.239. The van der Waals surface area contributed by atoms with Crippen LogP contribution in [0.15, 0.2) is 48.5 Å². The highest BCUT2D eigenvalue weighted by molar-refractivity contribution is 5.96. The molecule has 2 aliphatic heterocycles. The van der Waals surface area contributed by atoms with Crippen molar-refractivity contribution < 1.29 is 14.3 Å². The molecule has 0 unspecified atom stereocenters. The molecular weight excluding hydrogens is 479 g/mol. The van der Waals surface area contributed by atoms with Crippen LogP contribution in [-0.4, -0.2) is 101 Å². The first-order valence-electron chi connectivity index (χ1n) is 14.0. The molecule has 7 heteroatoms. The number of ketones is 1. The molecule has 4 rings (SSSR count). The fourth-order valence-corrected chi connectivity index (χ4v) is 5.98. The Balaban J connectivity index is 1.28. The van der Waals surface area contributed by atoms with Crippen molar-refractivity contribution in [2.24, 2.45) is 0 Å². The van der Waals surface area contributed by atoms with Gasteiger partial charge < -0.3 is 5.11 Å². The zero-order valence-corrected chi connectivity index (χ0v) is 23.6. The third kappa shape index (κ3) is 8.17. The molecule has 0 aromatic heterocycles. The number of aliphatic hydroxyl groups is 1. The van der Waals surface area contributed by atoms with Crippen LogP contribution in [0, 0.1) is 0 Å².